The van der Waals surface area contributed by atoms with E-state index in [2.05, 4.69) is 106 Å². The summed E-state index contributed by atoms with van der Waals surface area (Å²) >= 11 is 0. The number of amides is 1. The van der Waals surface area contributed by atoms with E-state index in [0.29, 0.717) is 36.9 Å². The van der Waals surface area contributed by atoms with Gasteiger partial charge >= 0.3 is 0 Å². The van der Waals surface area contributed by atoms with E-state index >= 15 is 0 Å². The lowest BCUT2D eigenvalue weighted by Gasteiger charge is -2.20. The van der Waals surface area contributed by atoms with Crippen LogP contribution in [0.4, 0.5) is 0 Å². The van der Waals surface area contributed by atoms with Gasteiger partial charge in [-0.3, -0.25) is 9.69 Å². The molecule has 3 aliphatic rings. The summed E-state index contributed by atoms with van der Waals surface area (Å²) in [7, 11) is 2.07. The minimum atomic E-state index is -0.132. The number of nitriles is 1. The fourth-order valence-corrected chi connectivity index (χ4v) is 7.27. The molecular formula is C40H57N9O2. The summed E-state index contributed by atoms with van der Waals surface area (Å²) in [6.07, 6.45) is 15.9. The first-order chi connectivity index (χ1) is 24.5. The normalized spacial score (nSPS) is 21.4. The van der Waals surface area contributed by atoms with E-state index in [4.69, 9.17) is 5.26 Å². The molecule has 2 fully saturated rings. The molecule has 1 saturated carbocycles. The lowest BCUT2D eigenvalue weighted by Crippen LogP contribution is -2.30. The van der Waals surface area contributed by atoms with Crippen LogP contribution >= 0.6 is 0 Å². The number of aryl methyl sites for hydroxylation is 1. The van der Waals surface area contributed by atoms with Crippen LogP contribution < -0.4 is 16.0 Å². The number of piperidine rings is 1. The van der Waals surface area contributed by atoms with E-state index in [1.54, 1.807) is 0 Å². The Morgan fingerprint density at radius 2 is 1.96 bits per heavy atom. The number of rotatable bonds is 17. The summed E-state index contributed by atoms with van der Waals surface area (Å²) in [6, 6.07) is 9.60. The van der Waals surface area contributed by atoms with Crippen LogP contribution in [0.15, 0.2) is 65.9 Å². The van der Waals surface area contributed by atoms with Crippen LogP contribution in [0, 0.1) is 23.2 Å². The number of carbonyl (C=O) groups is 2. The first-order valence-electron chi connectivity index (χ1n) is 18.4. The number of fused-ring (bicyclic) bond motifs is 1. The van der Waals surface area contributed by atoms with Crippen LogP contribution in [0.5, 0.6) is 0 Å². The molecule has 2 aromatic rings. The number of hydrogen-bond donors (Lipinski definition) is 4. The minimum Gasteiger partial charge on any atom is -0.387 e. The van der Waals surface area contributed by atoms with E-state index in [9.17, 15) is 9.59 Å². The van der Waals surface area contributed by atoms with Gasteiger partial charge in [-0.25, -0.2) is 0 Å². The van der Waals surface area contributed by atoms with Gasteiger partial charge in [0.1, 0.15) is 6.29 Å². The maximum Gasteiger partial charge on any atom is 0.251 e. The second-order valence-corrected chi connectivity index (χ2v) is 14.7. The number of aldehydes is 1. The van der Waals surface area contributed by atoms with Crippen molar-refractivity contribution >= 4 is 12.2 Å². The zero-order valence-corrected chi connectivity index (χ0v) is 31.3. The molecule has 51 heavy (non-hydrogen) atoms. The number of nitrogens with one attached hydrogen (secondary N) is 4. The second kappa shape index (κ2) is 19.3. The van der Waals surface area contributed by atoms with E-state index < -0.39 is 0 Å². The molecule has 4 N–H and O–H groups in total. The Morgan fingerprint density at radius 1 is 1.18 bits per heavy atom. The minimum absolute atomic E-state index is 0.0452. The largest absolute Gasteiger partial charge is 0.387 e. The summed E-state index contributed by atoms with van der Waals surface area (Å²) in [5.41, 5.74) is 6.50. The Hall–Kier alpha value is -4.40. The molecule has 274 valence electrons. The number of H-pyrrole nitrogens is 1. The number of hydrogen-bond acceptors (Lipinski definition) is 9. The smallest absolute Gasteiger partial charge is 0.251 e. The Morgan fingerprint density at radius 3 is 2.61 bits per heavy atom. The quantitative estimate of drug-likeness (QED) is 0.124. The van der Waals surface area contributed by atoms with Gasteiger partial charge in [-0.05, 0) is 121 Å². The van der Waals surface area contributed by atoms with E-state index in [0.717, 1.165) is 79.5 Å². The molecule has 1 aromatic heterocycles. The highest BCUT2D eigenvalue weighted by Gasteiger charge is 2.56. The van der Waals surface area contributed by atoms with Crippen molar-refractivity contribution in [2.24, 2.45) is 11.8 Å². The van der Waals surface area contributed by atoms with Gasteiger partial charge in [-0.15, -0.1) is 10.2 Å². The zero-order valence-electron chi connectivity index (χ0n) is 31.3. The summed E-state index contributed by atoms with van der Waals surface area (Å²) in [5, 5.41) is 33.1. The highest BCUT2D eigenvalue weighted by molar-refractivity contribution is 5.94. The number of aromatic amines is 1. The van der Waals surface area contributed by atoms with Crippen LogP contribution in [0.2, 0.25) is 0 Å². The predicted molar refractivity (Wildman–Crippen MR) is 202 cm³/mol. The van der Waals surface area contributed by atoms with Gasteiger partial charge in [-0.1, -0.05) is 60.2 Å². The van der Waals surface area contributed by atoms with Crippen molar-refractivity contribution in [3.05, 3.63) is 88.4 Å². The molecule has 1 amide bonds. The van der Waals surface area contributed by atoms with Crippen LogP contribution in [-0.2, 0) is 11.2 Å². The maximum absolute atomic E-state index is 12.9. The Balaban J connectivity index is 0.000000493. The molecule has 0 spiro atoms. The molecule has 5 atom stereocenters. The molecule has 0 bridgehead atoms. The first kappa shape index (κ1) is 39.4. The van der Waals surface area contributed by atoms with Crippen molar-refractivity contribution < 1.29 is 9.59 Å². The van der Waals surface area contributed by atoms with E-state index in [1.807, 2.05) is 32.0 Å². The molecule has 2 aliphatic carbocycles. The monoisotopic (exact) mass is 695 g/mol. The fourth-order valence-electron chi connectivity index (χ4n) is 7.27. The molecule has 11 heteroatoms. The molecule has 11 nitrogen and oxygen atoms in total. The molecule has 1 saturated heterocycles. The SMILES string of the molecule is C=C(CCC1=CCC(CCc2cc(C(=O)NC(C)C)ccc2C(CCNCC=O)c2nn[nH]n2)=CC=C1)NC(C)C.C[C@H]1C2CC(C#N)N(C)C21. The summed E-state index contributed by atoms with van der Waals surface area (Å²) < 4.78 is 0. The first-order valence-corrected chi connectivity index (χ1v) is 18.4. The van der Waals surface area contributed by atoms with Crippen molar-refractivity contribution in [2.45, 2.75) is 110 Å². The van der Waals surface area contributed by atoms with Gasteiger partial charge in [0.15, 0.2) is 5.82 Å². The Bertz CT molecular complexity index is 1600. The molecule has 5 rings (SSSR count). The lowest BCUT2D eigenvalue weighted by molar-refractivity contribution is -0.107. The number of likely N-dealkylation sites (tertiary alicyclic amines) is 1. The molecular weight excluding hydrogens is 639 g/mol. The van der Waals surface area contributed by atoms with Crippen LogP contribution in [-0.4, -0.2) is 82.0 Å². The number of aromatic nitrogens is 4. The van der Waals surface area contributed by atoms with Gasteiger partial charge < -0.3 is 20.7 Å². The summed E-state index contributed by atoms with van der Waals surface area (Å²) in [4.78, 5) is 25.9. The van der Waals surface area contributed by atoms with Crippen LogP contribution in [0.1, 0.15) is 106 Å². The fraction of sp³-hybridized carbons (Fsp3) is 0.550. The van der Waals surface area contributed by atoms with Crippen molar-refractivity contribution in [1.29, 1.82) is 5.26 Å². The van der Waals surface area contributed by atoms with Gasteiger partial charge in [-0.2, -0.15) is 10.5 Å². The van der Waals surface area contributed by atoms with Gasteiger partial charge in [0.2, 0.25) is 0 Å². The van der Waals surface area contributed by atoms with Crippen molar-refractivity contribution in [1.82, 2.24) is 41.5 Å². The Labute approximate surface area is 304 Å². The number of carbonyl (C=O) groups excluding carboxylic acids is 2. The van der Waals surface area contributed by atoms with Gasteiger partial charge in [0, 0.05) is 35.3 Å². The molecule has 2 heterocycles. The number of benzene rings is 1. The highest BCUT2D eigenvalue weighted by atomic mass is 16.1. The van der Waals surface area contributed by atoms with Crippen molar-refractivity contribution in [3.8, 4) is 6.07 Å². The average Bonchev–Trinajstić information content (AvgIpc) is 3.35. The third-order valence-corrected chi connectivity index (χ3v) is 10.0. The lowest BCUT2D eigenvalue weighted by atomic mass is 9.87. The second-order valence-electron chi connectivity index (χ2n) is 14.7. The summed E-state index contributed by atoms with van der Waals surface area (Å²) in [6.45, 7) is 15.5. The average molecular weight is 696 g/mol. The number of nitrogens with zero attached hydrogens (tertiary/aromatic N) is 5. The van der Waals surface area contributed by atoms with Crippen molar-refractivity contribution in [2.75, 3.05) is 20.1 Å². The molecule has 0 radical (unpaired) electrons. The predicted octanol–water partition coefficient (Wildman–Crippen LogP) is 5.53. The van der Waals surface area contributed by atoms with Gasteiger partial charge in [0.25, 0.3) is 5.91 Å². The Kier molecular flexibility index (Phi) is 14.9. The standard InChI is InChI=1S/C32H45N7O2.C8H12N2/c1-22(2)34-24(5)9-10-25-7-6-8-26(12-11-25)13-14-27-21-28(32(41)35-23(3)4)15-16-29(27)30(17-18-33-19-20-40)31-36-38-39-37-31;1-5-7-3-6(4-9)10(2)8(5)7/h6-8,11,15-16,20-23,30,33-34H,5,9-10,12-14,17-19H2,1-4H3,(H,35,41)(H,36,37,38,39);5-8H,3H2,1-2H3/t;5-,6?,7?,8?/m.0/s1. The molecule has 1 aliphatic heterocycles. The molecule has 1 aromatic carbocycles. The maximum atomic E-state index is 12.9. The topological polar surface area (TPSA) is 152 Å². The third kappa shape index (κ3) is 11.6. The molecule has 4 unspecified atom stereocenters. The van der Waals surface area contributed by atoms with Crippen molar-refractivity contribution in [3.63, 3.8) is 0 Å². The third-order valence-electron chi connectivity index (χ3n) is 10.0. The van der Waals surface area contributed by atoms with E-state index in [-0.39, 0.29) is 23.9 Å². The summed E-state index contributed by atoms with van der Waals surface area (Å²) in [5.74, 6) is 2.07. The number of allylic oxidation sites excluding steroid dienone is 7. The number of tetrazole rings is 1. The van der Waals surface area contributed by atoms with Crippen LogP contribution in [0.25, 0.3) is 0 Å². The van der Waals surface area contributed by atoms with Gasteiger partial charge in [0.05, 0.1) is 18.7 Å². The van der Waals surface area contributed by atoms with Crippen LogP contribution in [0.3, 0.4) is 0 Å². The zero-order chi connectivity index (χ0) is 36.9. The van der Waals surface area contributed by atoms with E-state index in [1.165, 1.54) is 11.1 Å². The highest BCUT2D eigenvalue weighted by Crippen LogP contribution is 2.51.